The van der Waals surface area contributed by atoms with E-state index in [0.29, 0.717) is 33.0 Å². The first-order valence-corrected chi connectivity index (χ1v) is 12.8. The summed E-state index contributed by atoms with van der Waals surface area (Å²) in [5.74, 6) is -0.233. The average Bonchev–Trinajstić information content (AvgIpc) is 3.48. The van der Waals surface area contributed by atoms with Gasteiger partial charge in [-0.2, -0.15) is 0 Å². The van der Waals surface area contributed by atoms with Gasteiger partial charge in [-0.15, -0.1) is 0 Å². The van der Waals surface area contributed by atoms with Gasteiger partial charge in [0.1, 0.15) is 6.10 Å². The molecule has 0 radical (unpaired) electrons. The molecule has 2 heterocycles. The summed E-state index contributed by atoms with van der Waals surface area (Å²) >= 11 is 0. The van der Waals surface area contributed by atoms with Crippen LogP contribution in [-0.4, -0.2) is 49.7 Å². The molecule has 0 aromatic heterocycles. The molecule has 2 unspecified atom stereocenters. The van der Waals surface area contributed by atoms with E-state index in [1.807, 2.05) is 36.4 Å². The van der Waals surface area contributed by atoms with Crippen LogP contribution in [-0.2, 0) is 41.7 Å². The Morgan fingerprint density at radius 3 is 2.26 bits per heavy atom. The number of benzene rings is 2. The third-order valence-corrected chi connectivity index (χ3v) is 6.81. The average molecular weight is 483 g/mol. The van der Waals surface area contributed by atoms with Crippen LogP contribution in [0.2, 0.25) is 0 Å². The molecule has 0 spiro atoms. The second kappa shape index (κ2) is 13.2. The van der Waals surface area contributed by atoms with Gasteiger partial charge in [-0.1, -0.05) is 60.7 Å². The van der Waals surface area contributed by atoms with Gasteiger partial charge in [-0.3, -0.25) is 4.79 Å². The first-order valence-electron chi connectivity index (χ1n) is 12.8. The second-order valence-electron chi connectivity index (χ2n) is 9.75. The summed E-state index contributed by atoms with van der Waals surface area (Å²) in [6.07, 6.45) is 5.21. The van der Waals surface area contributed by atoms with Crippen molar-refractivity contribution < 1.29 is 28.5 Å². The Bertz CT molecular complexity index is 879. The Kier molecular flexibility index (Phi) is 9.72. The molecule has 190 valence electrons. The van der Waals surface area contributed by atoms with Gasteiger partial charge in [0.05, 0.1) is 50.8 Å². The molecule has 0 saturated carbocycles. The molecular formula is C29H38O6. The first-order chi connectivity index (χ1) is 17.1. The molecule has 2 aliphatic heterocycles. The van der Waals surface area contributed by atoms with E-state index in [1.165, 1.54) is 6.92 Å². The SMILES string of the molecule is CC(=O)O[C@@H](CCC[C@@H](COCc1ccccc1)OCc1ccccc1)CCC12COC(CO1)C2. The van der Waals surface area contributed by atoms with Gasteiger partial charge >= 0.3 is 5.97 Å². The van der Waals surface area contributed by atoms with Crippen molar-refractivity contribution in [1.29, 1.82) is 0 Å². The molecule has 2 bridgehead atoms. The van der Waals surface area contributed by atoms with Crippen molar-refractivity contribution in [3.05, 3.63) is 71.8 Å². The molecule has 35 heavy (non-hydrogen) atoms. The third kappa shape index (κ3) is 8.43. The molecule has 0 N–H and O–H groups in total. The third-order valence-electron chi connectivity index (χ3n) is 6.81. The zero-order valence-corrected chi connectivity index (χ0v) is 20.7. The van der Waals surface area contributed by atoms with Crippen LogP contribution in [0.4, 0.5) is 0 Å². The van der Waals surface area contributed by atoms with Gasteiger partial charge in [-0.05, 0) is 43.2 Å². The van der Waals surface area contributed by atoms with Crippen molar-refractivity contribution in [3.8, 4) is 0 Å². The van der Waals surface area contributed by atoms with Crippen molar-refractivity contribution in [2.45, 2.75) is 82.6 Å². The zero-order chi connectivity index (χ0) is 24.3. The van der Waals surface area contributed by atoms with E-state index in [2.05, 4.69) is 24.3 Å². The fraction of sp³-hybridized carbons (Fsp3) is 0.552. The highest BCUT2D eigenvalue weighted by atomic mass is 16.6. The molecule has 0 aliphatic carbocycles. The van der Waals surface area contributed by atoms with Crippen LogP contribution in [0.5, 0.6) is 0 Å². The molecule has 2 aromatic carbocycles. The fourth-order valence-corrected chi connectivity index (χ4v) is 4.91. The molecule has 2 aliphatic rings. The number of rotatable bonds is 15. The maximum absolute atomic E-state index is 11.7. The van der Waals surface area contributed by atoms with Crippen molar-refractivity contribution in [2.24, 2.45) is 0 Å². The number of carbonyl (C=O) groups excluding carboxylic acids is 1. The molecule has 2 fully saturated rings. The number of ether oxygens (including phenoxy) is 5. The minimum absolute atomic E-state index is 0.0300. The zero-order valence-electron chi connectivity index (χ0n) is 20.7. The van der Waals surface area contributed by atoms with E-state index in [9.17, 15) is 4.79 Å². The van der Waals surface area contributed by atoms with Gasteiger partial charge in [0.2, 0.25) is 0 Å². The standard InChI is InChI=1S/C29H38O6/c1-23(30)35-26(15-16-29-17-28(21-34-29)33-22-29)13-8-14-27(32-19-25-11-6-3-7-12-25)20-31-18-24-9-4-2-5-10-24/h2-7,9-12,26-28H,8,13-22H2,1H3/t26-,27-,28?,29?/m0/s1. The second-order valence-corrected chi connectivity index (χ2v) is 9.75. The maximum Gasteiger partial charge on any atom is 0.302 e. The van der Waals surface area contributed by atoms with Crippen LogP contribution >= 0.6 is 0 Å². The minimum atomic E-state index is -0.233. The minimum Gasteiger partial charge on any atom is -0.463 e. The van der Waals surface area contributed by atoms with Crippen LogP contribution in [0, 0.1) is 0 Å². The topological polar surface area (TPSA) is 63.2 Å². The Hall–Kier alpha value is -2.25. The molecule has 0 amide bonds. The quantitative estimate of drug-likeness (QED) is 0.324. The van der Waals surface area contributed by atoms with E-state index in [1.54, 1.807) is 0 Å². The summed E-state index contributed by atoms with van der Waals surface area (Å²) in [5.41, 5.74) is 2.11. The number of hydrogen-bond donors (Lipinski definition) is 0. The van der Waals surface area contributed by atoms with Crippen molar-refractivity contribution in [1.82, 2.24) is 0 Å². The van der Waals surface area contributed by atoms with Crippen LogP contribution in [0.3, 0.4) is 0 Å². The fourth-order valence-electron chi connectivity index (χ4n) is 4.91. The van der Waals surface area contributed by atoms with Crippen molar-refractivity contribution in [2.75, 3.05) is 19.8 Å². The first kappa shape index (κ1) is 25.8. The highest BCUT2D eigenvalue weighted by molar-refractivity contribution is 5.66. The molecule has 2 saturated heterocycles. The summed E-state index contributed by atoms with van der Waals surface area (Å²) in [7, 11) is 0. The van der Waals surface area contributed by atoms with E-state index in [0.717, 1.165) is 49.7 Å². The van der Waals surface area contributed by atoms with Crippen molar-refractivity contribution >= 4 is 5.97 Å². The summed E-state index contributed by atoms with van der Waals surface area (Å²) in [5, 5.41) is 0. The molecule has 6 nitrogen and oxygen atoms in total. The van der Waals surface area contributed by atoms with Gasteiger partial charge in [0.25, 0.3) is 0 Å². The lowest BCUT2D eigenvalue weighted by Gasteiger charge is -2.28. The van der Waals surface area contributed by atoms with E-state index in [-0.39, 0.29) is 29.9 Å². The normalized spacial score (nSPS) is 22.7. The molecule has 4 atom stereocenters. The van der Waals surface area contributed by atoms with E-state index >= 15 is 0 Å². The van der Waals surface area contributed by atoms with E-state index in [4.69, 9.17) is 23.7 Å². The van der Waals surface area contributed by atoms with Crippen LogP contribution in [0.1, 0.15) is 56.6 Å². The summed E-state index contributed by atoms with van der Waals surface area (Å²) in [4.78, 5) is 11.7. The lowest BCUT2D eigenvalue weighted by molar-refractivity contribution is -0.148. The Morgan fingerprint density at radius 2 is 1.66 bits per heavy atom. The van der Waals surface area contributed by atoms with Gasteiger partial charge in [-0.25, -0.2) is 0 Å². The predicted molar refractivity (Wildman–Crippen MR) is 133 cm³/mol. The highest BCUT2D eigenvalue weighted by Crippen LogP contribution is 2.39. The smallest absolute Gasteiger partial charge is 0.302 e. The lowest BCUT2D eigenvalue weighted by atomic mass is 9.93. The van der Waals surface area contributed by atoms with E-state index < -0.39 is 0 Å². The monoisotopic (exact) mass is 482 g/mol. The number of fused-ring (bicyclic) bond motifs is 2. The van der Waals surface area contributed by atoms with Gasteiger partial charge in [0.15, 0.2) is 0 Å². The number of hydrogen-bond acceptors (Lipinski definition) is 6. The summed E-state index contributed by atoms with van der Waals surface area (Å²) in [6.45, 7) is 4.45. The number of esters is 1. The van der Waals surface area contributed by atoms with Gasteiger partial charge in [0, 0.05) is 13.3 Å². The molecule has 4 rings (SSSR count). The predicted octanol–water partition coefficient (Wildman–Crippen LogP) is 5.23. The highest BCUT2D eigenvalue weighted by Gasteiger charge is 2.47. The Balaban J connectivity index is 1.25. The Morgan fingerprint density at radius 1 is 0.971 bits per heavy atom. The largest absolute Gasteiger partial charge is 0.463 e. The summed E-state index contributed by atoms with van der Waals surface area (Å²) in [6, 6.07) is 20.4. The Labute approximate surface area is 208 Å². The van der Waals surface area contributed by atoms with Crippen LogP contribution in [0.25, 0.3) is 0 Å². The summed E-state index contributed by atoms with van der Waals surface area (Å²) < 4.78 is 29.6. The maximum atomic E-state index is 11.7. The lowest BCUT2D eigenvalue weighted by Crippen LogP contribution is -2.34. The van der Waals surface area contributed by atoms with Crippen LogP contribution < -0.4 is 0 Å². The molecule has 2 aromatic rings. The molecule has 6 heteroatoms. The molecular weight excluding hydrogens is 444 g/mol. The van der Waals surface area contributed by atoms with Gasteiger partial charge < -0.3 is 23.7 Å². The van der Waals surface area contributed by atoms with Crippen LogP contribution in [0.15, 0.2) is 60.7 Å². The number of carbonyl (C=O) groups is 1. The van der Waals surface area contributed by atoms with Crippen molar-refractivity contribution in [3.63, 3.8) is 0 Å².